The highest BCUT2D eigenvalue weighted by atomic mass is 15.1. The Bertz CT molecular complexity index is 433. The van der Waals surface area contributed by atoms with Crippen LogP contribution in [0.3, 0.4) is 0 Å². The molecule has 0 spiro atoms. The number of aromatic nitrogens is 2. The topological polar surface area (TPSA) is 66.7 Å². The van der Waals surface area contributed by atoms with Crippen LogP contribution < -0.4 is 11.1 Å². The molecule has 0 aliphatic rings. The summed E-state index contributed by atoms with van der Waals surface area (Å²) >= 11 is 0. The number of nitrogens with zero attached hydrogens (tertiary/aromatic N) is 1. The van der Waals surface area contributed by atoms with E-state index in [1.165, 1.54) is 0 Å². The van der Waals surface area contributed by atoms with Crippen molar-refractivity contribution >= 4 is 17.1 Å². The summed E-state index contributed by atoms with van der Waals surface area (Å²) in [5, 5.41) is 10.0. The molecular formula is C10H12N4. The van der Waals surface area contributed by atoms with Gasteiger partial charge in [-0.2, -0.15) is 5.10 Å². The Balaban J connectivity index is 2.23. The van der Waals surface area contributed by atoms with Crippen molar-refractivity contribution in [1.82, 2.24) is 10.2 Å². The molecule has 0 aliphatic heterocycles. The molecule has 1 aromatic heterocycles. The number of anilines is 3. The molecule has 0 saturated heterocycles. The number of nitrogens with two attached hydrogens (primary N) is 1. The van der Waals surface area contributed by atoms with Gasteiger partial charge < -0.3 is 11.1 Å². The Morgan fingerprint density at radius 1 is 1.43 bits per heavy atom. The number of hydrogen-bond donors (Lipinski definition) is 3. The Kier molecular flexibility index (Phi) is 2.10. The Morgan fingerprint density at radius 3 is 2.93 bits per heavy atom. The van der Waals surface area contributed by atoms with Gasteiger partial charge in [0, 0.05) is 11.4 Å². The molecule has 0 bridgehead atoms. The maximum absolute atomic E-state index is 5.66. The standard InChI is InChI=1S/C10H12N4/c1-7-10(6-12-14-7)13-9-4-2-3-8(11)5-9/h2-6,13H,11H2,1H3,(H,12,14). The molecule has 4 heteroatoms. The number of aryl methyl sites for hydroxylation is 1. The summed E-state index contributed by atoms with van der Waals surface area (Å²) in [7, 11) is 0. The van der Waals surface area contributed by atoms with E-state index in [9.17, 15) is 0 Å². The zero-order chi connectivity index (χ0) is 9.97. The minimum Gasteiger partial charge on any atom is -0.399 e. The second-order valence-corrected chi connectivity index (χ2v) is 3.16. The first-order valence-corrected chi connectivity index (χ1v) is 4.38. The number of hydrogen-bond acceptors (Lipinski definition) is 3. The van der Waals surface area contributed by atoms with Gasteiger partial charge in [-0.3, -0.25) is 5.10 Å². The van der Waals surface area contributed by atoms with Gasteiger partial charge >= 0.3 is 0 Å². The van der Waals surface area contributed by atoms with Crippen LogP contribution in [0.1, 0.15) is 5.69 Å². The van der Waals surface area contributed by atoms with Crippen molar-refractivity contribution in [2.75, 3.05) is 11.1 Å². The fourth-order valence-electron chi connectivity index (χ4n) is 1.25. The van der Waals surface area contributed by atoms with Gasteiger partial charge in [-0.05, 0) is 25.1 Å². The molecule has 0 atom stereocenters. The summed E-state index contributed by atoms with van der Waals surface area (Å²) in [6.07, 6.45) is 1.75. The summed E-state index contributed by atoms with van der Waals surface area (Å²) in [6.45, 7) is 1.96. The molecule has 0 fully saturated rings. The molecule has 72 valence electrons. The second kappa shape index (κ2) is 3.41. The number of rotatable bonds is 2. The number of H-pyrrole nitrogens is 1. The smallest absolute Gasteiger partial charge is 0.0797 e. The molecule has 0 saturated carbocycles. The van der Waals surface area contributed by atoms with E-state index < -0.39 is 0 Å². The molecule has 2 rings (SSSR count). The van der Waals surface area contributed by atoms with E-state index in [-0.39, 0.29) is 0 Å². The van der Waals surface area contributed by atoms with Gasteiger partial charge in [0.1, 0.15) is 0 Å². The predicted molar refractivity (Wildman–Crippen MR) is 57.5 cm³/mol. The molecule has 0 radical (unpaired) electrons. The molecule has 1 heterocycles. The van der Waals surface area contributed by atoms with Gasteiger partial charge in [0.2, 0.25) is 0 Å². The third kappa shape index (κ3) is 1.69. The van der Waals surface area contributed by atoms with Crippen molar-refractivity contribution in [3.63, 3.8) is 0 Å². The summed E-state index contributed by atoms with van der Waals surface area (Å²) < 4.78 is 0. The molecule has 0 aliphatic carbocycles. The molecule has 4 nitrogen and oxygen atoms in total. The number of nitrogens with one attached hydrogen (secondary N) is 2. The average molecular weight is 188 g/mol. The second-order valence-electron chi connectivity index (χ2n) is 3.16. The van der Waals surface area contributed by atoms with Crippen molar-refractivity contribution in [1.29, 1.82) is 0 Å². The van der Waals surface area contributed by atoms with Crippen LogP contribution in [0.5, 0.6) is 0 Å². The zero-order valence-corrected chi connectivity index (χ0v) is 7.91. The number of aromatic amines is 1. The average Bonchev–Trinajstić information content (AvgIpc) is 2.52. The summed E-state index contributed by atoms with van der Waals surface area (Å²) in [5.74, 6) is 0. The van der Waals surface area contributed by atoms with Crippen molar-refractivity contribution in [3.8, 4) is 0 Å². The van der Waals surface area contributed by atoms with Crippen LogP contribution >= 0.6 is 0 Å². The molecule has 0 unspecified atom stereocenters. The highest BCUT2D eigenvalue weighted by molar-refractivity contribution is 5.64. The van der Waals surface area contributed by atoms with E-state index in [1.807, 2.05) is 31.2 Å². The van der Waals surface area contributed by atoms with Gasteiger partial charge in [-0.1, -0.05) is 6.07 Å². The van der Waals surface area contributed by atoms with Crippen molar-refractivity contribution in [3.05, 3.63) is 36.2 Å². The fourth-order valence-corrected chi connectivity index (χ4v) is 1.25. The van der Waals surface area contributed by atoms with Gasteiger partial charge in [-0.25, -0.2) is 0 Å². The minimum atomic E-state index is 0.746. The van der Waals surface area contributed by atoms with Crippen LogP contribution in [-0.4, -0.2) is 10.2 Å². The van der Waals surface area contributed by atoms with E-state index >= 15 is 0 Å². The third-order valence-electron chi connectivity index (χ3n) is 2.00. The quantitative estimate of drug-likeness (QED) is 0.632. The molecule has 14 heavy (non-hydrogen) atoms. The van der Waals surface area contributed by atoms with Gasteiger partial charge in [0.25, 0.3) is 0 Å². The van der Waals surface area contributed by atoms with Crippen molar-refractivity contribution in [2.24, 2.45) is 0 Å². The van der Waals surface area contributed by atoms with Crippen LogP contribution in [-0.2, 0) is 0 Å². The maximum Gasteiger partial charge on any atom is 0.0797 e. The van der Waals surface area contributed by atoms with E-state index in [2.05, 4.69) is 15.5 Å². The first-order chi connectivity index (χ1) is 6.75. The molecule has 2 aromatic rings. The maximum atomic E-state index is 5.66. The van der Waals surface area contributed by atoms with E-state index in [1.54, 1.807) is 6.20 Å². The van der Waals surface area contributed by atoms with Crippen LogP contribution in [0, 0.1) is 6.92 Å². The lowest BCUT2D eigenvalue weighted by atomic mass is 10.2. The summed E-state index contributed by atoms with van der Waals surface area (Å²) in [6, 6.07) is 7.61. The highest BCUT2D eigenvalue weighted by Gasteiger charge is 1.99. The van der Waals surface area contributed by atoms with E-state index in [4.69, 9.17) is 5.73 Å². The Labute approximate surface area is 82.1 Å². The minimum absolute atomic E-state index is 0.746. The van der Waals surface area contributed by atoms with Crippen LogP contribution in [0.25, 0.3) is 0 Å². The van der Waals surface area contributed by atoms with Crippen molar-refractivity contribution in [2.45, 2.75) is 6.92 Å². The third-order valence-corrected chi connectivity index (χ3v) is 2.00. The van der Waals surface area contributed by atoms with Crippen LogP contribution in [0.15, 0.2) is 30.5 Å². The monoisotopic (exact) mass is 188 g/mol. The SMILES string of the molecule is Cc1[nH]ncc1Nc1cccc(N)c1. The van der Waals surface area contributed by atoms with Gasteiger partial charge in [0.15, 0.2) is 0 Å². The molecule has 0 amide bonds. The van der Waals surface area contributed by atoms with Crippen LogP contribution in [0.2, 0.25) is 0 Å². The molecule has 4 N–H and O–H groups in total. The summed E-state index contributed by atoms with van der Waals surface area (Å²) in [4.78, 5) is 0. The zero-order valence-electron chi connectivity index (χ0n) is 7.91. The van der Waals surface area contributed by atoms with Crippen molar-refractivity contribution < 1.29 is 0 Å². The number of benzene rings is 1. The fraction of sp³-hybridized carbons (Fsp3) is 0.100. The predicted octanol–water partition coefficient (Wildman–Crippen LogP) is 2.04. The Morgan fingerprint density at radius 2 is 2.29 bits per heavy atom. The van der Waals surface area contributed by atoms with Gasteiger partial charge in [-0.15, -0.1) is 0 Å². The summed E-state index contributed by atoms with van der Waals surface area (Å²) in [5.41, 5.74) is 9.35. The lowest BCUT2D eigenvalue weighted by molar-refractivity contribution is 1.05. The highest BCUT2D eigenvalue weighted by Crippen LogP contribution is 2.19. The lowest BCUT2D eigenvalue weighted by Crippen LogP contribution is -1.92. The number of nitrogen functional groups attached to an aromatic ring is 1. The lowest BCUT2D eigenvalue weighted by Gasteiger charge is -2.04. The first-order valence-electron chi connectivity index (χ1n) is 4.38. The van der Waals surface area contributed by atoms with E-state index in [0.29, 0.717) is 0 Å². The largest absolute Gasteiger partial charge is 0.399 e. The molecule has 1 aromatic carbocycles. The normalized spacial score (nSPS) is 10.1. The Hall–Kier alpha value is -1.97. The molecular weight excluding hydrogens is 176 g/mol. The van der Waals surface area contributed by atoms with Gasteiger partial charge in [0.05, 0.1) is 17.6 Å². The van der Waals surface area contributed by atoms with Crippen LogP contribution in [0.4, 0.5) is 17.1 Å². The first kappa shape index (κ1) is 8.62. The van der Waals surface area contributed by atoms with E-state index in [0.717, 1.165) is 22.8 Å².